The molecule has 0 bridgehead atoms. The molecule has 4 heteroatoms. The molecule has 0 saturated carbocycles. The molecule has 1 N–H and O–H groups in total. The summed E-state index contributed by atoms with van der Waals surface area (Å²) >= 11 is 3.34. The van der Waals surface area contributed by atoms with Crippen LogP contribution in [0.2, 0.25) is 0 Å². The van der Waals surface area contributed by atoms with Gasteiger partial charge in [0.05, 0.1) is 0 Å². The number of phenolic OH excluding ortho intramolecular Hbond substituents is 1. The van der Waals surface area contributed by atoms with Gasteiger partial charge >= 0.3 is 0 Å². The molecule has 1 aromatic carbocycles. The predicted molar refractivity (Wildman–Crippen MR) is 64.4 cm³/mol. The van der Waals surface area contributed by atoms with Crippen molar-refractivity contribution >= 4 is 15.9 Å². The zero-order valence-corrected chi connectivity index (χ0v) is 10.0. The van der Waals surface area contributed by atoms with Crippen LogP contribution in [0.1, 0.15) is 5.56 Å². The van der Waals surface area contributed by atoms with Crippen molar-refractivity contribution in [1.82, 2.24) is 4.98 Å². The minimum atomic E-state index is 0.197. The maximum atomic E-state index is 9.26. The first-order valence-electron chi connectivity index (χ1n) is 4.77. The zero-order chi connectivity index (χ0) is 11.4. The third-order valence-electron chi connectivity index (χ3n) is 2.05. The number of rotatable bonds is 3. The number of benzene rings is 1. The van der Waals surface area contributed by atoms with Crippen molar-refractivity contribution in [3.63, 3.8) is 0 Å². The Morgan fingerprint density at radius 3 is 2.88 bits per heavy atom. The summed E-state index contributed by atoms with van der Waals surface area (Å²) in [6.45, 7) is 0.415. The fourth-order valence-corrected chi connectivity index (χ4v) is 1.63. The van der Waals surface area contributed by atoms with Crippen molar-refractivity contribution in [2.45, 2.75) is 6.61 Å². The number of hydrogen-bond acceptors (Lipinski definition) is 3. The maximum absolute atomic E-state index is 9.26. The molecule has 2 aromatic rings. The minimum absolute atomic E-state index is 0.197. The van der Waals surface area contributed by atoms with Crippen LogP contribution < -0.4 is 4.74 Å². The van der Waals surface area contributed by atoms with E-state index in [2.05, 4.69) is 20.9 Å². The first-order valence-corrected chi connectivity index (χ1v) is 5.56. The molecule has 82 valence electrons. The maximum Gasteiger partial charge on any atom is 0.123 e. The second-order valence-corrected chi connectivity index (χ2v) is 3.99. The number of halogens is 1. The first-order chi connectivity index (χ1) is 7.75. The normalized spacial score (nSPS) is 10.1. The van der Waals surface area contributed by atoms with E-state index in [0.29, 0.717) is 12.4 Å². The fourth-order valence-electron chi connectivity index (χ4n) is 1.26. The predicted octanol–water partition coefficient (Wildman–Crippen LogP) is 3.13. The van der Waals surface area contributed by atoms with E-state index in [1.807, 2.05) is 12.1 Å². The molecule has 0 atom stereocenters. The lowest BCUT2D eigenvalue weighted by atomic mass is 10.3. The fraction of sp³-hybridized carbons (Fsp3) is 0.0833. The average Bonchev–Trinajstić information content (AvgIpc) is 2.28. The molecule has 0 aliphatic heterocycles. The van der Waals surface area contributed by atoms with Crippen LogP contribution >= 0.6 is 15.9 Å². The Bertz CT molecular complexity index is 488. The lowest BCUT2D eigenvalue weighted by molar-refractivity contribution is 0.303. The molecule has 0 aliphatic rings. The number of hydrogen-bond donors (Lipinski definition) is 1. The Morgan fingerprint density at radius 1 is 1.25 bits per heavy atom. The molecule has 0 fully saturated rings. The van der Waals surface area contributed by atoms with E-state index >= 15 is 0 Å². The third-order valence-corrected chi connectivity index (χ3v) is 2.76. The molecule has 0 saturated heterocycles. The van der Waals surface area contributed by atoms with E-state index in [1.165, 1.54) is 0 Å². The Hall–Kier alpha value is -1.55. The Balaban J connectivity index is 2.05. The van der Waals surface area contributed by atoms with Gasteiger partial charge in [0.25, 0.3) is 0 Å². The third kappa shape index (κ3) is 2.73. The van der Waals surface area contributed by atoms with Crippen molar-refractivity contribution < 1.29 is 9.84 Å². The summed E-state index contributed by atoms with van der Waals surface area (Å²) in [6, 6.07) is 10.5. The monoisotopic (exact) mass is 279 g/mol. The average molecular weight is 280 g/mol. The summed E-state index contributed by atoms with van der Waals surface area (Å²) in [5.74, 6) is 0.832. The summed E-state index contributed by atoms with van der Waals surface area (Å²) in [5, 5.41) is 9.26. The molecule has 0 radical (unpaired) electrons. The number of pyridine rings is 1. The number of nitrogens with zero attached hydrogens (tertiary/aromatic N) is 1. The number of aromatic hydroxyl groups is 1. The lowest BCUT2D eigenvalue weighted by Gasteiger charge is -2.07. The first kappa shape index (κ1) is 11.0. The van der Waals surface area contributed by atoms with Gasteiger partial charge in [-0.2, -0.15) is 0 Å². The summed E-state index contributed by atoms with van der Waals surface area (Å²) < 4.78 is 6.30. The van der Waals surface area contributed by atoms with Crippen molar-refractivity contribution in [2.75, 3.05) is 0 Å². The quantitative estimate of drug-likeness (QED) is 0.878. The van der Waals surface area contributed by atoms with E-state index < -0.39 is 0 Å². The van der Waals surface area contributed by atoms with Crippen molar-refractivity contribution in [1.29, 1.82) is 0 Å². The largest absolute Gasteiger partial charge is 0.508 e. The number of aromatic nitrogens is 1. The van der Waals surface area contributed by atoms with Gasteiger partial charge in [-0.15, -0.1) is 0 Å². The van der Waals surface area contributed by atoms with Crippen molar-refractivity contribution in [3.05, 3.63) is 52.8 Å². The highest BCUT2D eigenvalue weighted by molar-refractivity contribution is 9.10. The molecule has 2 rings (SSSR count). The smallest absolute Gasteiger partial charge is 0.123 e. The van der Waals surface area contributed by atoms with Gasteiger partial charge in [0.2, 0.25) is 0 Å². The molecular weight excluding hydrogens is 270 g/mol. The minimum Gasteiger partial charge on any atom is -0.508 e. The molecule has 16 heavy (non-hydrogen) atoms. The van der Waals surface area contributed by atoms with Crippen molar-refractivity contribution in [3.8, 4) is 11.5 Å². The molecular formula is C12H10BrNO2. The van der Waals surface area contributed by atoms with Crippen LogP contribution in [0.3, 0.4) is 0 Å². The lowest BCUT2D eigenvalue weighted by Crippen LogP contribution is -1.97. The van der Waals surface area contributed by atoms with Gasteiger partial charge in [-0.05, 0) is 34.1 Å². The van der Waals surface area contributed by atoms with Crippen LogP contribution in [-0.2, 0) is 6.61 Å². The second kappa shape index (κ2) is 4.99. The summed E-state index contributed by atoms with van der Waals surface area (Å²) in [6.07, 6.45) is 1.71. The van der Waals surface area contributed by atoms with Gasteiger partial charge in [0.15, 0.2) is 0 Å². The van der Waals surface area contributed by atoms with Gasteiger partial charge in [0.1, 0.15) is 22.7 Å². The van der Waals surface area contributed by atoms with E-state index in [0.717, 1.165) is 10.2 Å². The van der Waals surface area contributed by atoms with Crippen LogP contribution in [0.25, 0.3) is 0 Å². The molecule has 1 heterocycles. The Kier molecular flexibility index (Phi) is 3.41. The van der Waals surface area contributed by atoms with Crippen LogP contribution in [0, 0.1) is 0 Å². The summed E-state index contributed by atoms with van der Waals surface area (Å²) in [7, 11) is 0. The SMILES string of the molecule is Oc1cccc(OCc2cccnc2Br)c1. The highest BCUT2D eigenvalue weighted by Crippen LogP contribution is 2.20. The molecule has 3 nitrogen and oxygen atoms in total. The van der Waals surface area contributed by atoms with Gasteiger partial charge in [-0.25, -0.2) is 4.98 Å². The summed E-state index contributed by atoms with van der Waals surface area (Å²) in [4.78, 5) is 4.10. The van der Waals surface area contributed by atoms with E-state index in [4.69, 9.17) is 4.74 Å². The topological polar surface area (TPSA) is 42.4 Å². The van der Waals surface area contributed by atoms with Crippen LogP contribution in [-0.4, -0.2) is 10.1 Å². The molecule has 0 aliphatic carbocycles. The van der Waals surface area contributed by atoms with Gasteiger partial charge in [-0.3, -0.25) is 0 Å². The Morgan fingerprint density at radius 2 is 2.12 bits per heavy atom. The van der Waals surface area contributed by atoms with Crippen LogP contribution in [0.5, 0.6) is 11.5 Å². The van der Waals surface area contributed by atoms with Gasteiger partial charge in [0, 0.05) is 17.8 Å². The number of phenols is 1. The number of ether oxygens (including phenoxy) is 1. The zero-order valence-electron chi connectivity index (χ0n) is 8.43. The van der Waals surface area contributed by atoms with E-state index in [9.17, 15) is 5.11 Å². The van der Waals surface area contributed by atoms with Crippen LogP contribution in [0.15, 0.2) is 47.2 Å². The van der Waals surface area contributed by atoms with E-state index in [-0.39, 0.29) is 5.75 Å². The molecule has 0 amide bonds. The van der Waals surface area contributed by atoms with Crippen LogP contribution in [0.4, 0.5) is 0 Å². The summed E-state index contributed by atoms with van der Waals surface area (Å²) in [5.41, 5.74) is 0.964. The highest BCUT2D eigenvalue weighted by atomic mass is 79.9. The Labute approximate surface area is 102 Å². The molecule has 1 aromatic heterocycles. The highest BCUT2D eigenvalue weighted by Gasteiger charge is 2.01. The standard InChI is InChI=1S/C12H10BrNO2/c13-12-9(3-2-6-14-12)8-16-11-5-1-4-10(15)7-11/h1-7,15H,8H2. The molecule has 0 spiro atoms. The van der Waals surface area contributed by atoms with Crippen molar-refractivity contribution in [2.24, 2.45) is 0 Å². The van der Waals surface area contributed by atoms with Gasteiger partial charge in [-0.1, -0.05) is 12.1 Å². The molecule has 0 unspecified atom stereocenters. The van der Waals surface area contributed by atoms with Gasteiger partial charge < -0.3 is 9.84 Å². The van der Waals surface area contributed by atoms with E-state index in [1.54, 1.807) is 30.5 Å². The second-order valence-electron chi connectivity index (χ2n) is 3.24.